The molecular weight excluding hydrogens is 262 g/mol. The topological polar surface area (TPSA) is 71.5 Å². The number of halogens is 1. The first-order valence-corrected chi connectivity index (χ1v) is 6.12. The number of aliphatic hydroxyl groups excluding tert-OH is 1. The molecule has 0 aliphatic heterocycles. The third-order valence-electron chi connectivity index (χ3n) is 2.90. The average Bonchev–Trinajstić information content (AvgIpc) is 2.43. The van der Waals surface area contributed by atoms with Crippen LogP contribution >= 0.6 is 11.6 Å². The molecule has 4 nitrogen and oxygen atoms in total. The van der Waals surface area contributed by atoms with E-state index < -0.39 is 0 Å². The molecule has 3 N–H and O–H groups in total. The van der Waals surface area contributed by atoms with Crippen molar-refractivity contribution < 1.29 is 5.11 Å². The summed E-state index contributed by atoms with van der Waals surface area (Å²) in [6.07, 6.45) is 3.16. The largest absolute Gasteiger partial charge is 0.404 e. The summed E-state index contributed by atoms with van der Waals surface area (Å²) in [4.78, 5) is 8.06. The zero-order valence-corrected chi connectivity index (χ0v) is 11.2. The van der Waals surface area contributed by atoms with E-state index in [1.165, 1.54) is 6.20 Å². The van der Waals surface area contributed by atoms with Crippen LogP contribution in [0.5, 0.6) is 0 Å². The van der Waals surface area contributed by atoms with Crippen molar-refractivity contribution in [1.82, 2.24) is 4.98 Å². The van der Waals surface area contributed by atoms with Crippen molar-refractivity contribution in [2.75, 3.05) is 13.7 Å². The summed E-state index contributed by atoms with van der Waals surface area (Å²) in [6, 6.07) is 7.58. The molecule has 1 heterocycles. The van der Waals surface area contributed by atoms with Crippen LogP contribution in [0.2, 0.25) is 5.15 Å². The summed E-state index contributed by atoms with van der Waals surface area (Å²) < 4.78 is 0. The number of nitrogens with two attached hydrogens (primary N) is 1. The predicted octanol–water partition coefficient (Wildman–Crippen LogP) is 2.25. The van der Waals surface area contributed by atoms with Crippen LogP contribution in [0.4, 0.5) is 0 Å². The molecule has 1 aromatic heterocycles. The second-order valence-corrected chi connectivity index (χ2v) is 4.36. The Morgan fingerprint density at radius 1 is 1.42 bits per heavy atom. The van der Waals surface area contributed by atoms with Crippen LogP contribution in [0.1, 0.15) is 5.56 Å². The third kappa shape index (κ3) is 2.75. The van der Waals surface area contributed by atoms with Gasteiger partial charge in [0.2, 0.25) is 0 Å². The lowest BCUT2D eigenvalue weighted by Gasteiger charge is -2.09. The summed E-state index contributed by atoms with van der Waals surface area (Å²) >= 11 is 5.89. The molecule has 0 saturated carbocycles. The van der Waals surface area contributed by atoms with Gasteiger partial charge in [-0.25, -0.2) is 4.98 Å². The van der Waals surface area contributed by atoms with Gasteiger partial charge in [-0.3, -0.25) is 4.99 Å². The van der Waals surface area contributed by atoms with Crippen LogP contribution in [0.25, 0.3) is 16.3 Å². The van der Waals surface area contributed by atoms with Gasteiger partial charge in [0, 0.05) is 30.4 Å². The van der Waals surface area contributed by atoms with Gasteiger partial charge in [0.1, 0.15) is 5.15 Å². The lowest BCUT2D eigenvalue weighted by atomic mass is 9.99. The zero-order chi connectivity index (χ0) is 13.8. The lowest BCUT2D eigenvalue weighted by molar-refractivity contribution is 0.358. The molecule has 0 radical (unpaired) electrons. The van der Waals surface area contributed by atoms with Crippen molar-refractivity contribution in [3.05, 3.63) is 47.4 Å². The number of aliphatic hydroxyl groups is 1. The van der Waals surface area contributed by atoms with Crippen molar-refractivity contribution in [2.45, 2.75) is 0 Å². The molecule has 0 bridgehead atoms. The van der Waals surface area contributed by atoms with Crippen LogP contribution in [-0.4, -0.2) is 29.5 Å². The summed E-state index contributed by atoms with van der Waals surface area (Å²) in [6.45, 7) is -0.158. The highest BCUT2D eigenvalue weighted by Gasteiger charge is 2.09. The van der Waals surface area contributed by atoms with E-state index in [-0.39, 0.29) is 6.61 Å². The molecule has 5 heteroatoms. The normalized spacial score (nSPS) is 13.0. The van der Waals surface area contributed by atoms with E-state index in [1.807, 2.05) is 18.2 Å². The smallest absolute Gasteiger partial charge is 0.129 e. The Kier molecular flexibility index (Phi) is 4.14. The van der Waals surface area contributed by atoms with Crippen molar-refractivity contribution >= 4 is 33.7 Å². The van der Waals surface area contributed by atoms with Crippen molar-refractivity contribution in [3.8, 4) is 0 Å². The predicted molar refractivity (Wildman–Crippen MR) is 79.4 cm³/mol. The second kappa shape index (κ2) is 5.82. The molecule has 0 fully saturated rings. The number of nitrogens with zero attached hydrogens (tertiary/aromatic N) is 2. The van der Waals surface area contributed by atoms with Gasteiger partial charge in [-0.1, -0.05) is 23.7 Å². The maximum Gasteiger partial charge on any atom is 0.129 e. The van der Waals surface area contributed by atoms with Crippen molar-refractivity contribution in [1.29, 1.82) is 0 Å². The van der Waals surface area contributed by atoms with E-state index in [9.17, 15) is 5.11 Å². The first-order chi connectivity index (χ1) is 9.19. The number of hydrogen-bond acceptors (Lipinski definition) is 4. The monoisotopic (exact) mass is 275 g/mol. The second-order valence-electron chi connectivity index (χ2n) is 3.98. The van der Waals surface area contributed by atoms with Crippen LogP contribution in [-0.2, 0) is 0 Å². The minimum absolute atomic E-state index is 0.158. The molecule has 0 aliphatic carbocycles. The van der Waals surface area contributed by atoms with Gasteiger partial charge in [-0.15, -0.1) is 0 Å². The van der Waals surface area contributed by atoms with E-state index >= 15 is 0 Å². The van der Waals surface area contributed by atoms with Gasteiger partial charge in [0.05, 0.1) is 12.3 Å². The molecule has 2 rings (SSSR count). The zero-order valence-electron chi connectivity index (χ0n) is 10.5. The molecule has 0 saturated heterocycles. The van der Waals surface area contributed by atoms with E-state index in [0.717, 1.165) is 16.3 Å². The lowest BCUT2D eigenvalue weighted by Crippen LogP contribution is -2.09. The van der Waals surface area contributed by atoms with E-state index in [1.54, 1.807) is 19.3 Å². The number of rotatable bonds is 3. The molecule has 0 amide bonds. The molecule has 2 aromatic rings. The van der Waals surface area contributed by atoms with Gasteiger partial charge in [0.15, 0.2) is 0 Å². The number of hydrogen-bond donors (Lipinski definition) is 2. The Hall–Kier alpha value is -1.91. The third-order valence-corrected chi connectivity index (χ3v) is 3.10. The standard InChI is InChI=1S/C14H14ClN3O/c1-17-13(8-19)12(6-16)9-2-3-10-7-18-14(15)5-11(10)4-9/h2-7,19H,8,16H2,1H3. The highest BCUT2D eigenvalue weighted by molar-refractivity contribution is 6.30. The van der Waals surface area contributed by atoms with Crippen LogP contribution < -0.4 is 5.73 Å². The fraction of sp³-hybridized carbons (Fsp3) is 0.143. The molecule has 98 valence electrons. The quantitative estimate of drug-likeness (QED) is 0.667. The van der Waals surface area contributed by atoms with Crippen molar-refractivity contribution in [2.24, 2.45) is 10.7 Å². The van der Waals surface area contributed by atoms with Crippen LogP contribution in [0.15, 0.2) is 41.7 Å². The molecule has 0 unspecified atom stereocenters. The summed E-state index contributed by atoms with van der Waals surface area (Å²) in [5.41, 5.74) is 7.77. The highest BCUT2D eigenvalue weighted by atomic mass is 35.5. The molecule has 1 aromatic carbocycles. The van der Waals surface area contributed by atoms with E-state index in [2.05, 4.69) is 9.98 Å². The fourth-order valence-corrected chi connectivity index (χ4v) is 2.08. The maximum atomic E-state index is 9.29. The highest BCUT2D eigenvalue weighted by Crippen LogP contribution is 2.23. The number of aliphatic imine (C=N–C) groups is 1. The van der Waals surface area contributed by atoms with E-state index in [4.69, 9.17) is 17.3 Å². The summed E-state index contributed by atoms with van der Waals surface area (Å²) in [5.74, 6) is 0. The Bertz CT molecular complexity index is 665. The summed E-state index contributed by atoms with van der Waals surface area (Å²) in [7, 11) is 1.62. The fourth-order valence-electron chi connectivity index (χ4n) is 1.92. The van der Waals surface area contributed by atoms with Crippen LogP contribution in [0, 0.1) is 0 Å². The summed E-state index contributed by atoms with van der Waals surface area (Å²) in [5, 5.41) is 11.7. The Labute approximate surface area is 116 Å². The molecule has 0 spiro atoms. The number of fused-ring (bicyclic) bond motifs is 1. The first-order valence-electron chi connectivity index (χ1n) is 5.74. The van der Waals surface area contributed by atoms with Crippen molar-refractivity contribution in [3.63, 3.8) is 0 Å². The minimum atomic E-state index is -0.158. The number of aromatic nitrogens is 1. The van der Waals surface area contributed by atoms with Gasteiger partial charge in [-0.05, 0) is 23.1 Å². The molecular formula is C14H14ClN3O. The van der Waals surface area contributed by atoms with Gasteiger partial charge in [0.25, 0.3) is 0 Å². The Balaban J connectivity index is 2.56. The van der Waals surface area contributed by atoms with Gasteiger partial charge < -0.3 is 10.8 Å². The SMILES string of the molecule is CN=C(CO)C(=CN)c1ccc2cnc(Cl)cc2c1. The molecule has 0 aliphatic rings. The first kappa shape index (κ1) is 13.5. The number of pyridine rings is 1. The van der Waals surface area contributed by atoms with E-state index in [0.29, 0.717) is 16.4 Å². The molecule has 19 heavy (non-hydrogen) atoms. The Morgan fingerprint density at radius 2 is 2.21 bits per heavy atom. The maximum absolute atomic E-state index is 9.29. The number of benzene rings is 1. The molecule has 0 atom stereocenters. The Morgan fingerprint density at radius 3 is 2.84 bits per heavy atom. The van der Waals surface area contributed by atoms with Crippen LogP contribution in [0.3, 0.4) is 0 Å². The minimum Gasteiger partial charge on any atom is -0.404 e. The van der Waals surface area contributed by atoms with Gasteiger partial charge in [-0.2, -0.15) is 0 Å². The van der Waals surface area contributed by atoms with Gasteiger partial charge >= 0.3 is 0 Å². The average molecular weight is 276 g/mol.